The van der Waals surface area contributed by atoms with E-state index in [0.29, 0.717) is 16.1 Å². The summed E-state index contributed by atoms with van der Waals surface area (Å²) in [6.45, 7) is 6.77. The highest BCUT2D eigenvalue weighted by molar-refractivity contribution is 7.71. The lowest BCUT2D eigenvalue weighted by Crippen LogP contribution is -1.64. The molecule has 12 heavy (non-hydrogen) atoms. The first-order valence-electron chi connectivity index (χ1n) is 3.30. The van der Waals surface area contributed by atoms with Gasteiger partial charge in [-0.25, -0.2) is 4.85 Å². The van der Waals surface area contributed by atoms with Crippen molar-refractivity contribution in [3.8, 4) is 0 Å². The van der Waals surface area contributed by atoms with Crippen LogP contribution in [0.1, 0.15) is 0 Å². The summed E-state index contributed by atoms with van der Waals surface area (Å²) in [5.41, 5.74) is 2.01. The van der Waals surface area contributed by atoms with E-state index < -0.39 is 0 Å². The molecule has 2 aromatic rings. The predicted octanol–water partition coefficient (Wildman–Crippen LogP) is 3.04. The zero-order chi connectivity index (χ0) is 8.55. The number of fused-ring (bicyclic) bond motifs is 1. The summed E-state index contributed by atoms with van der Waals surface area (Å²) in [7, 11) is 0. The van der Waals surface area contributed by atoms with E-state index in [1.54, 1.807) is 18.2 Å². The number of hydrogen-bond donors (Lipinski definition) is 1. The van der Waals surface area contributed by atoms with E-state index in [2.05, 4.69) is 9.83 Å². The summed E-state index contributed by atoms with van der Waals surface area (Å²) in [6.07, 6.45) is 0. The molecule has 0 unspecified atom stereocenters. The van der Waals surface area contributed by atoms with Crippen LogP contribution in [-0.2, 0) is 0 Å². The van der Waals surface area contributed by atoms with Crippen LogP contribution in [0.2, 0.25) is 0 Å². The van der Waals surface area contributed by atoms with Gasteiger partial charge in [-0.05, 0) is 24.4 Å². The molecule has 3 nitrogen and oxygen atoms in total. The summed E-state index contributed by atoms with van der Waals surface area (Å²) >= 11 is 4.79. The van der Waals surface area contributed by atoms with Crippen LogP contribution in [0.15, 0.2) is 22.6 Å². The maximum absolute atomic E-state index is 6.77. The van der Waals surface area contributed by atoms with Crippen molar-refractivity contribution in [1.82, 2.24) is 4.98 Å². The molecule has 58 valence electrons. The molecule has 1 N–H and O–H groups in total. The lowest BCUT2D eigenvalue weighted by molar-refractivity contribution is 0.583. The Bertz CT molecular complexity index is 518. The Morgan fingerprint density at radius 2 is 2.33 bits per heavy atom. The van der Waals surface area contributed by atoms with Gasteiger partial charge in [0.2, 0.25) is 0 Å². The Morgan fingerprint density at radius 1 is 1.50 bits per heavy atom. The largest absolute Gasteiger partial charge is 0.431 e. The molecule has 0 atom stereocenters. The normalized spacial score (nSPS) is 9.92. The lowest BCUT2D eigenvalue weighted by Gasteiger charge is -1.86. The van der Waals surface area contributed by atoms with Crippen LogP contribution in [0.25, 0.3) is 15.9 Å². The summed E-state index contributed by atoms with van der Waals surface area (Å²) in [5, 5.41) is 0. The molecular weight excluding hydrogens is 172 g/mol. The number of nitrogens with zero attached hydrogens (tertiary/aromatic N) is 1. The predicted molar refractivity (Wildman–Crippen MR) is 47.7 cm³/mol. The molecule has 0 aliphatic rings. The molecule has 0 fully saturated rings. The number of aromatic nitrogens is 1. The van der Waals surface area contributed by atoms with Gasteiger partial charge < -0.3 is 9.40 Å². The standard InChI is InChI=1S/C8H4N2OS/c1-9-5-2-3-6-7(4-5)11-8(12)10-6/h2-4H,(H,10,12). The summed E-state index contributed by atoms with van der Waals surface area (Å²) < 4.78 is 5.13. The van der Waals surface area contributed by atoms with Gasteiger partial charge in [0, 0.05) is 0 Å². The van der Waals surface area contributed by atoms with Crippen molar-refractivity contribution >= 4 is 29.0 Å². The van der Waals surface area contributed by atoms with Crippen LogP contribution < -0.4 is 0 Å². The van der Waals surface area contributed by atoms with Gasteiger partial charge in [0.25, 0.3) is 4.84 Å². The maximum atomic E-state index is 6.77. The molecular formula is C8H4N2OS. The Kier molecular flexibility index (Phi) is 1.45. The van der Waals surface area contributed by atoms with Crippen LogP contribution in [0.4, 0.5) is 5.69 Å². The van der Waals surface area contributed by atoms with Gasteiger partial charge in [0.05, 0.1) is 12.1 Å². The van der Waals surface area contributed by atoms with Crippen LogP contribution in [-0.4, -0.2) is 4.98 Å². The third-order valence-electron chi connectivity index (χ3n) is 1.53. The molecule has 2 rings (SSSR count). The first kappa shape index (κ1) is 7.07. The molecule has 0 spiro atoms. The monoisotopic (exact) mass is 176 g/mol. The van der Waals surface area contributed by atoms with Crippen LogP contribution >= 0.6 is 12.2 Å². The fraction of sp³-hybridized carbons (Fsp3) is 0. The van der Waals surface area contributed by atoms with E-state index >= 15 is 0 Å². The fourth-order valence-corrected chi connectivity index (χ4v) is 1.20. The smallest absolute Gasteiger partial charge is 0.266 e. The molecule has 0 saturated carbocycles. The van der Waals surface area contributed by atoms with Gasteiger partial charge in [-0.3, -0.25) is 0 Å². The second-order valence-electron chi connectivity index (χ2n) is 2.31. The molecule has 1 aromatic carbocycles. The molecule has 0 radical (unpaired) electrons. The van der Waals surface area contributed by atoms with E-state index in [1.165, 1.54) is 0 Å². The third kappa shape index (κ3) is 1.00. The van der Waals surface area contributed by atoms with Crippen molar-refractivity contribution in [3.63, 3.8) is 0 Å². The Morgan fingerprint density at radius 3 is 3.08 bits per heavy atom. The van der Waals surface area contributed by atoms with Gasteiger partial charge in [-0.2, -0.15) is 0 Å². The van der Waals surface area contributed by atoms with Gasteiger partial charge in [-0.1, -0.05) is 6.07 Å². The molecule has 0 aliphatic carbocycles. The minimum atomic E-state index is 0.340. The molecule has 1 heterocycles. The number of oxazole rings is 1. The highest BCUT2D eigenvalue weighted by Crippen LogP contribution is 2.20. The van der Waals surface area contributed by atoms with Crippen LogP contribution in [0, 0.1) is 11.4 Å². The minimum Gasteiger partial charge on any atom is -0.431 e. The average molecular weight is 176 g/mol. The van der Waals surface area contributed by atoms with Crippen LogP contribution in [0.5, 0.6) is 0 Å². The van der Waals surface area contributed by atoms with Crippen molar-refractivity contribution in [1.29, 1.82) is 0 Å². The minimum absolute atomic E-state index is 0.340. The molecule has 0 amide bonds. The first-order chi connectivity index (χ1) is 5.79. The van der Waals surface area contributed by atoms with Gasteiger partial charge in [0.15, 0.2) is 5.69 Å². The van der Waals surface area contributed by atoms with Crippen LogP contribution in [0.3, 0.4) is 0 Å². The fourth-order valence-electron chi connectivity index (χ4n) is 1.00. The molecule has 0 saturated heterocycles. The number of benzene rings is 1. The van der Waals surface area contributed by atoms with E-state index in [4.69, 9.17) is 23.2 Å². The van der Waals surface area contributed by atoms with Crippen molar-refractivity contribution in [3.05, 3.63) is 34.5 Å². The number of rotatable bonds is 0. The second-order valence-corrected chi connectivity index (χ2v) is 2.68. The topological polar surface area (TPSA) is 33.3 Å². The maximum Gasteiger partial charge on any atom is 0.266 e. The average Bonchev–Trinajstić information content (AvgIpc) is 2.43. The molecule has 0 bridgehead atoms. The number of H-pyrrole nitrogens is 1. The van der Waals surface area contributed by atoms with Gasteiger partial charge in [-0.15, -0.1) is 0 Å². The molecule has 0 aliphatic heterocycles. The Hall–Kier alpha value is -1.60. The lowest BCUT2D eigenvalue weighted by atomic mass is 10.3. The zero-order valence-corrected chi connectivity index (χ0v) is 6.81. The van der Waals surface area contributed by atoms with E-state index in [9.17, 15) is 0 Å². The summed E-state index contributed by atoms with van der Waals surface area (Å²) in [6, 6.07) is 5.16. The van der Waals surface area contributed by atoms with Gasteiger partial charge >= 0.3 is 0 Å². The third-order valence-corrected chi connectivity index (χ3v) is 1.72. The highest BCUT2D eigenvalue weighted by Gasteiger charge is 1.98. The Labute approximate surface area is 73.5 Å². The SMILES string of the molecule is [C-]#[N+]c1ccc2[nH]c(=S)oc2c1. The number of nitrogens with one attached hydrogen (secondary N) is 1. The van der Waals surface area contributed by atoms with E-state index in [-0.39, 0.29) is 0 Å². The van der Waals surface area contributed by atoms with E-state index in [1.807, 2.05) is 0 Å². The number of hydrogen-bond acceptors (Lipinski definition) is 2. The van der Waals surface area contributed by atoms with Crippen molar-refractivity contribution in [2.24, 2.45) is 0 Å². The number of aromatic amines is 1. The summed E-state index contributed by atoms with van der Waals surface area (Å²) in [4.78, 5) is 6.47. The first-order valence-corrected chi connectivity index (χ1v) is 3.71. The quantitative estimate of drug-likeness (QED) is 0.494. The highest BCUT2D eigenvalue weighted by atomic mass is 32.1. The Balaban J connectivity index is 2.85. The molecule has 1 aromatic heterocycles. The van der Waals surface area contributed by atoms with E-state index in [0.717, 1.165) is 5.52 Å². The zero-order valence-electron chi connectivity index (χ0n) is 6.00. The second kappa shape index (κ2) is 2.47. The summed E-state index contributed by atoms with van der Waals surface area (Å²) in [5.74, 6) is 0. The molecule has 4 heteroatoms. The van der Waals surface area contributed by atoms with Crippen molar-refractivity contribution in [2.45, 2.75) is 0 Å². The van der Waals surface area contributed by atoms with Gasteiger partial charge in [0.1, 0.15) is 5.58 Å². The van der Waals surface area contributed by atoms with Crippen molar-refractivity contribution < 1.29 is 4.42 Å². The van der Waals surface area contributed by atoms with Crippen molar-refractivity contribution in [2.75, 3.05) is 0 Å².